The molecule has 0 spiro atoms. The van der Waals surface area contributed by atoms with Gasteiger partial charge in [0.25, 0.3) is 20.7 Å². The van der Waals surface area contributed by atoms with Crippen molar-refractivity contribution in [3.8, 4) is 21.7 Å². The van der Waals surface area contributed by atoms with Crippen LogP contribution in [-0.4, -0.2) is 29.8 Å². The minimum atomic E-state index is -4.06. The van der Waals surface area contributed by atoms with Crippen LogP contribution in [-0.2, 0) is 23.2 Å². The van der Waals surface area contributed by atoms with E-state index in [2.05, 4.69) is 77.7 Å². The summed E-state index contributed by atoms with van der Waals surface area (Å²) in [4.78, 5) is 17.1. The number of thiazole rings is 2. The van der Waals surface area contributed by atoms with Crippen molar-refractivity contribution >= 4 is 56.2 Å². The van der Waals surface area contributed by atoms with Crippen LogP contribution in [0, 0.1) is 0 Å². The molecule has 0 radical (unpaired) electrons. The first kappa shape index (κ1) is 34.3. The van der Waals surface area contributed by atoms with Gasteiger partial charge in [0.1, 0.15) is 9.54 Å². The van der Waals surface area contributed by atoms with Crippen molar-refractivity contribution in [1.82, 2.24) is 4.57 Å². The summed E-state index contributed by atoms with van der Waals surface area (Å²) in [6.45, 7) is 7.79. The number of benzene rings is 3. The highest BCUT2D eigenvalue weighted by Crippen LogP contribution is 2.36. The molecule has 250 valence electrons. The van der Waals surface area contributed by atoms with Crippen molar-refractivity contribution in [3.63, 3.8) is 0 Å². The van der Waals surface area contributed by atoms with Gasteiger partial charge in [0.2, 0.25) is 5.69 Å². The minimum absolute atomic E-state index is 0.0842. The fraction of sp³-hybridized carbons (Fsp3) is 0.179. The molecule has 49 heavy (non-hydrogen) atoms. The third-order valence-electron chi connectivity index (χ3n) is 8.28. The van der Waals surface area contributed by atoms with E-state index in [9.17, 15) is 17.8 Å². The van der Waals surface area contributed by atoms with Gasteiger partial charge in [0.15, 0.2) is 6.54 Å². The van der Waals surface area contributed by atoms with Gasteiger partial charge in [0.05, 0.1) is 16.4 Å². The van der Waals surface area contributed by atoms with Crippen LogP contribution < -0.4 is 24.2 Å². The molecule has 3 heterocycles. The predicted molar refractivity (Wildman–Crippen MR) is 204 cm³/mol. The van der Waals surface area contributed by atoms with Crippen LogP contribution in [0.3, 0.4) is 0 Å². The fourth-order valence-electron chi connectivity index (χ4n) is 5.95. The van der Waals surface area contributed by atoms with Crippen molar-refractivity contribution in [2.75, 3.05) is 17.2 Å². The molecule has 0 amide bonds. The summed E-state index contributed by atoms with van der Waals surface area (Å²) in [5.74, 6) is -0.294. The Morgan fingerprint density at radius 1 is 0.898 bits per heavy atom. The number of para-hydroxylation sites is 1. The minimum Gasteiger partial charge on any atom is -0.348 e. The number of allylic oxidation sites excluding steroid dienone is 4. The molecule has 1 aliphatic heterocycles. The lowest BCUT2D eigenvalue weighted by molar-refractivity contribution is -0.683. The standard InChI is InChI=1S/C39H37N3O4S3/c1-3-24-42-36(47-34(39(42)43)22-21-29-23-26-40(4-2)33-20-12-11-19-32(29)33)28-35-41(25-13-14-27-49(44,45)46)37(30-15-7-5-8-16-30)38(48-35)31-17-9-6-10-18-31/h3,5-12,15-23,26,28H,1,4,13-14,24-25,27H2,2H3/p+1/b29-21-,34-22-. The topological polar surface area (TPSA) is 83.5 Å². The highest BCUT2D eigenvalue weighted by atomic mass is 32.2. The second kappa shape index (κ2) is 15.3. The van der Waals surface area contributed by atoms with Gasteiger partial charge in [-0.05, 0) is 54.8 Å². The lowest BCUT2D eigenvalue weighted by Gasteiger charge is -2.26. The van der Waals surface area contributed by atoms with E-state index in [1.165, 1.54) is 11.3 Å². The molecule has 1 N–H and O–H groups in total. The van der Waals surface area contributed by atoms with Gasteiger partial charge >= 0.3 is 0 Å². The van der Waals surface area contributed by atoms with Crippen molar-refractivity contribution in [2.24, 2.45) is 0 Å². The van der Waals surface area contributed by atoms with E-state index >= 15 is 0 Å². The SMILES string of the molecule is C=CCn1c(=O)/c(=C/C=C2/C=CN(CC)c3ccccc32)s/c1=C\c1sc(-c2ccccc2)c(-c2ccccc2)[n+]1CCCCS(=O)(=O)O. The summed E-state index contributed by atoms with van der Waals surface area (Å²) in [5, 5.41) is 0.928. The lowest BCUT2D eigenvalue weighted by atomic mass is 9.99. The maximum Gasteiger partial charge on any atom is 0.269 e. The number of anilines is 1. The van der Waals surface area contributed by atoms with Gasteiger partial charge < -0.3 is 4.90 Å². The zero-order valence-corrected chi connectivity index (χ0v) is 29.7. The molecule has 0 saturated heterocycles. The Balaban J connectivity index is 1.52. The first-order valence-corrected chi connectivity index (χ1v) is 19.4. The Morgan fingerprint density at radius 3 is 2.29 bits per heavy atom. The highest BCUT2D eigenvalue weighted by molar-refractivity contribution is 7.85. The van der Waals surface area contributed by atoms with E-state index < -0.39 is 10.1 Å². The van der Waals surface area contributed by atoms with Gasteiger partial charge in [-0.1, -0.05) is 90.2 Å². The van der Waals surface area contributed by atoms with Crippen LogP contribution in [0.4, 0.5) is 5.69 Å². The number of nitrogens with zero attached hydrogens (tertiary/aromatic N) is 3. The Kier molecular flexibility index (Phi) is 10.7. The first-order valence-electron chi connectivity index (χ1n) is 16.2. The van der Waals surface area contributed by atoms with E-state index in [-0.39, 0.29) is 11.3 Å². The lowest BCUT2D eigenvalue weighted by Crippen LogP contribution is -2.38. The van der Waals surface area contributed by atoms with E-state index in [1.54, 1.807) is 22.0 Å². The number of aromatic nitrogens is 2. The largest absolute Gasteiger partial charge is 0.348 e. The number of unbranched alkanes of at least 4 members (excludes halogenated alkanes) is 1. The molecule has 10 heteroatoms. The van der Waals surface area contributed by atoms with Crippen LogP contribution in [0.15, 0.2) is 121 Å². The number of fused-ring (bicyclic) bond motifs is 1. The quantitative estimate of drug-likeness (QED) is 0.0694. The van der Waals surface area contributed by atoms with Gasteiger partial charge in [-0.15, -0.1) is 17.9 Å². The van der Waals surface area contributed by atoms with E-state index in [0.29, 0.717) is 30.5 Å². The van der Waals surface area contributed by atoms with Gasteiger partial charge in [-0.2, -0.15) is 13.0 Å². The second-order valence-electron chi connectivity index (χ2n) is 11.6. The number of rotatable bonds is 12. The summed E-state index contributed by atoms with van der Waals surface area (Å²) >= 11 is 3.07. The zero-order chi connectivity index (χ0) is 34.4. The van der Waals surface area contributed by atoms with Crippen molar-refractivity contribution in [2.45, 2.75) is 32.9 Å². The van der Waals surface area contributed by atoms with Gasteiger partial charge in [-0.25, -0.2) is 0 Å². The smallest absolute Gasteiger partial charge is 0.269 e. The van der Waals surface area contributed by atoms with Crippen LogP contribution >= 0.6 is 22.7 Å². The molecule has 2 aromatic heterocycles. The number of hydrogen-bond donors (Lipinski definition) is 1. The Bertz CT molecular complexity index is 2320. The Labute approximate surface area is 294 Å². The maximum atomic E-state index is 13.8. The summed E-state index contributed by atoms with van der Waals surface area (Å²) in [6.07, 6.45) is 12.7. The van der Waals surface area contributed by atoms with E-state index in [1.807, 2.05) is 60.7 Å². The molecule has 1 aliphatic rings. The Hall–Kier alpha value is -4.61. The molecule has 3 aromatic carbocycles. The van der Waals surface area contributed by atoms with E-state index in [0.717, 1.165) is 54.7 Å². The fourth-order valence-corrected chi connectivity index (χ4v) is 8.84. The number of hydrogen-bond acceptors (Lipinski definition) is 6. The van der Waals surface area contributed by atoms with Gasteiger partial charge in [0, 0.05) is 42.5 Å². The molecule has 7 nitrogen and oxygen atoms in total. The molecule has 0 saturated carbocycles. The molecule has 0 aliphatic carbocycles. The van der Waals surface area contributed by atoms with Crippen molar-refractivity contribution < 1.29 is 17.5 Å². The zero-order valence-electron chi connectivity index (χ0n) is 27.2. The molecule has 6 rings (SSSR count). The molecule has 5 aromatic rings. The molecular formula is C39H38N3O4S3+. The van der Waals surface area contributed by atoms with Crippen LogP contribution in [0.5, 0.6) is 0 Å². The van der Waals surface area contributed by atoms with Crippen molar-refractivity contribution in [3.05, 3.63) is 146 Å². The third-order valence-corrected chi connectivity index (χ3v) is 11.3. The average Bonchev–Trinajstić information content (AvgIpc) is 3.62. The summed E-state index contributed by atoms with van der Waals surface area (Å²) in [7, 11) is -4.06. The monoisotopic (exact) mass is 708 g/mol. The summed E-state index contributed by atoms with van der Waals surface area (Å²) in [6, 6.07) is 28.6. The average molecular weight is 709 g/mol. The van der Waals surface area contributed by atoms with Crippen molar-refractivity contribution in [1.29, 1.82) is 0 Å². The normalized spacial score (nSPS) is 14.5. The maximum absolute atomic E-state index is 13.8. The van der Waals surface area contributed by atoms with Gasteiger partial charge in [-0.3, -0.25) is 13.9 Å². The van der Waals surface area contributed by atoms with E-state index in [4.69, 9.17) is 0 Å². The first-order chi connectivity index (χ1) is 23.8. The van der Waals surface area contributed by atoms with Crippen LogP contribution in [0.2, 0.25) is 0 Å². The molecule has 0 bridgehead atoms. The summed E-state index contributed by atoms with van der Waals surface area (Å²) < 4.78 is 37.7. The van der Waals surface area contributed by atoms with Crippen LogP contribution in [0.25, 0.3) is 39.4 Å². The molecule has 0 fully saturated rings. The summed E-state index contributed by atoms with van der Waals surface area (Å²) in [5.41, 5.74) is 6.32. The van der Waals surface area contributed by atoms with Crippen LogP contribution in [0.1, 0.15) is 30.3 Å². The Morgan fingerprint density at radius 2 is 1.59 bits per heavy atom. The molecule has 0 unspecified atom stereocenters. The highest BCUT2D eigenvalue weighted by Gasteiger charge is 2.28. The second-order valence-corrected chi connectivity index (χ2v) is 15.2. The molecule has 0 atom stereocenters. The molecular weight excluding hydrogens is 671 g/mol. The predicted octanol–water partition coefficient (Wildman–Crippen LogP) is 6.49. The third kappa shape index (κ3) is 7.84.